The molecule has 0 saturated carbocycles. The standard InChI is InChI=1S/C5H10B3O5P3S3/c9-5-3(7-16-19-11)4(13-8(14)17)2(12-5)1-6-15-18-10/h2-5,9,17H,1,14H2/t2-,3-,4?,5?/m1/s1. The largest absolute Gasteiger partial charge is 0.417 e. The summed E-state index contributed by atoms with van der Waals surface area (Å²) in [5.74, 6) is -0.770. The molecular weight excluding hydrogens is 362 g/mol. The zero-order chi connectivity index (χ0) is 14.3. The molecule has 1 fully saturated rings. The van der Waals surface area contributed by atoms with Gasteiger partial charge in [0.15, 0.2) is 6.29 Å². The van der Waals surface area contributed by atoms with Crippen LogP contribution in [-0.4, -0.2) is 51.9 Å². The van der Waals surface area contributed by atoms with Crippen LogP contribution in [-0.2, 0) is 31.1 Å². The lowest BCUT2D eigenvalue weighted by Gasteiger charge is -2.23. The number of ether oxygens (including phenoxy) is 1. The highest BCUT2D eigenvalue weighted by atomic mass is 32.4. The molecule has 19 heavy (non-hydrogen) atoms. The lowest BCUT2D eigenvalue weighted by molar-refractivity contribution is -0.0876. The highest BCUT2D eigenvalue weighted by Gasteiger charge is 2.44. The van der Waals surface area contributed by atoms with Crippen molar-refractivity contribution in [2.24, 2.45) is 0 Å². The summed E-state index contributed by atoms with van der Waals surface area (Å²) in [6.07, 6.45) is -1.25. The van der Waals surface area contributed by atoms with E-state index in [2.05, 4.69) is 21.6 Å². The van der Waals surface area contributed by atoms with Gasteiger partial charge in [0.05, 0.1) is 12.2 Å². The van der Waals surface area contributed by atoms with Crippen LogP contribution in [0.15, 0.2) is 0 Å². The molecule has 5 nitrogen and oxygen atoms in total. The molecule has 0 bridgehead atoms. The van der Waals surface area contributed by atoms with Crippen molar-refractivity contribution in [3.63, 3.8) is 0 Å². The van der Waals surface area contributed by atoms with Crippen LogP contribution in [0, 0.1) is 0 Å². The van der Waals surface area contributed by atoms with E-state index in [1.165, 1.54) is 0 Å². The Kier molecular flexibility index (Phi) is 10.0. The molecule has 0 aromatic heterocycles. The van der Waals surface area contributed by atoms with Crippen molar-refractivity contribution in [3.05, 3.63) is 0 Å². The maximum atomic E-state index is 10.5. The number of aliphatic hydroxyl groups excluding tert-OH is 1. The monoisotopic (exact) mass is 372 g/mol. The van der Waals surface area contributed by atoms with Crippen molar-refractivity contribution in [1.82, 2.24) is 0 Å². The molecule has 1 N–H and O–H groups in total. The van der Waals surface area contributed by atoms with E-state index in [-0.39, 0.29) is 17.8 Å². The summed E-state index contributed by atoms with van der Waals surface area (Å²) in [5, 5.41) is 9.86. The summed E-state index contributed by atoms with van der Waals surface area (Å²) in [6, 6.07) is 0. The van der Waals surface area contributed by atoms with Gasteiger partial charge in [-0.2, -0.15) is 12.5 Å². The minimum absolute atomic E-state index is 0.349. The fraction of sp³-hybridized carbons (Fsp3) is 1.00. The first kappa shape index (κ1) is 18.5. The van der Waals surface area contributed by atoms with E-state index in [1.807, 2.05) is 0 Å². The van der Waals surface area contributed by atoms with Crippen molar-refractivity contribution in [2.75, 3.05) is 0 Å². The van der Waals surface area contributed by atoms with E-state index < -0.39 is 12.4 Å². The summed E-state index contributed by atoms with van der Waals surface area (Å²) in [6.45, 7) is 3.44. The molecule has 5 atom stereocenters. The zero-order valence-electron chi connectivity index (χ0n) is 9.56. The third-order valence-corrected chi connectivity index (χ3v) is 5.02. The Balaban J connectivity index is 2.73. The SMILES string of the molecule is O=S=P[B]C[C@H]1OC(O)[C@H]([B]P=S=O)C1OB(P)S. The molecule has 2 radical (unpaired) electrons. The molecule has 3 unspecified atom stereocenters. The second kappa shape index (κ2) is 10.3. The first-order valence-corrected chi connectivity index (χ1v) is 11.0. The lowest BCUT2D eigenvalue weighted by Crippen LogP contribution is -2.32. The predicted octanol–water partition coefficient (Wildman–Crippen LogP) is 0.472. The summed E-state index contributed by atoms with van der Waals surface area (Å²) >= 11 is 4.14. The third kappa shape index (κ3) is 6.42. The van der Waals surface area contributed by atoms with E-state index in [4.69, 9.17) is 9.39 Å². The maximum Gasteiger partial charge on any atom is 0.380 e. The molecular formula is C5H10B3O5P3S3. The minimum atomic E-state index is -1.00. The van der Waals surface area contributed by atoms with E-state index in [9.17, 15) is 13.5 Å². The molecule has 102 valence electrons. The van der Waals surface area contributed by atoms with Gasteiger partial charge in [-0.1, -0.05) is 14.5 Å². The van der Waals surface area contributed by atoms with Crippen molar-refractivity contribution in [2.45, 2.75) is 30.6 Å². The van der Waals surface area contributed by atoms with Gasteiger partial charge in [0.2, 0.25) is 14.0 Å². The summed E-state index contributed by atoms with van der Waals surface area (Å²) < 4.78 is 31.8. The van der Waals surface area contributed by atoms with Gasteiger partial charge in [0, 0.05) is 5.82 Å². The topological polar surface area (TPSA) is 72.8 Å². The van der Waals surface area contributed by atoms with Crippen molar-refractivity contribution in [1.29, 1.82) is 0 Å². The van der Waals surface area contributed by atoms with E-state index in [0.717, 1.165) is 0 Å². The van der Waals surface area contributed by atoms with Gasteiger partial charge in [-0.05, 0) is 6.32 Å². The van der Waals surface area contributed by atoms with Gasteiger partial charge in [0.25, 0.3) is 0 Å². The molecule has 0 spiro atoms. The van der Waals surface area contributed by atoms with Gasteiger partial charge >= 0.3 is 5.91 Å². The van der Waals surface area contributed by atoms with Gasteiger partial charge in [-0.25, -0.2) is 8.42 Å². The number of aliphatic hydroxyl groups is 1. The summed E-state index contributed by atoms with van der Waals surface area (Å²) in [7, 11) is 4.35. The Labute approximate surface area is 131 Å². The zero-order valence-corrected chi connectivity index (χ0v) is 15.0. The average molecular weight is 372 g/mol. The number of hydrogen-bond donors (Lipinski definition) is 2. The number of rotatable bonds is 7. The Morgan fingerprint density at radius 1 is 1.47 bits per heavy atom. The normalized spacial score (nSPS) is 30.3. The van der Waals surface area contributed by atoms with Crippen LogP contribution in [0.4, 0.5) is 0 Å². The molecule has 0 aromatic carbocycles. The molecule has 0 aliphatic carbocycles. The quantitative estimate of drug-likeness (QED) is 0.387. The van der Waals surface area contributed by atoms with Crippen molar-refractivity contribution >= 4 is 77.7 Å². The third-order valence-electron chi connectivity index (χ3n) is 2.42. The average Bonchev–Trinajstić information content (AvgIpc) is 2.63. The van der Waals surface area contributed by atoms with Gasteiger partial charge in [-0.15, -0.1) is 9.12 Å². The van der Waals surface area contributed by atoms with Crippen LogP contribution in [0.5, 0.6) is 0 Å². The molecule has 1 rings (SSSR count). The predicted molar refractivity (Wildman–Crippen MR) is 90.4 cm³/mol. The van der Waals surface area contributed by atoms with Crippen LogP contribution in [0.25, 0.3) is 0 Å². The van der Waals surface area contributed by atoms with Gasteiger partial charge in [0.1, 0.15) is 21.7 Å². The fourth-order valence-corrected chi connectivity index (χ4v) is 3.91. The Morgan fingerprint density at radius 3 is 2.74 bits per heavy atom. The molecule has 1 saturated heterocycles. The highest BCUT2D eigenvalue weighted by Crippen LogP contribution is 2.37. The Bertz CT molecular complexity index is 393. The van der Waals surface area contributed by atoms with Crippen molar-refractivity contribution < 1.29 is 22.9 Å². The van der Waals surface area contributed by atoms with E-state index >= 15 is 0 Å². The number of hydrogen-bond acceptors (Lipinski definition) is 6. The van der Waals surface area contributed by atoms with Crippen LogP contribution in [0.3, 0.4) is 0 Å². The number of thiol groups is 1. The van der Waals surface area contributed by atoms with Crippen LogP contribution in [0.2, 0.25) is 12.1 Å². The second-order valence-electron chi connectivity index (χ2n) is 3.56. The molecule has 14 heteroatoms. The van der Waals surface area contributed by atoms with Gasteiger partial charge in [-0.3, -0.25) is 0 Å². The first-order chi connectivity index (χ1) is 9.10. The highest BCUT2D eigenvalue weighted by molar-refractivity contribution is 8.23. The lowest BCUT2D eigenvalue weighted by atomic mass is 9.77. The van der Waals surface area contributed by atoms with E-state index in [0.29, 0.717) is 42.5 Å². The molecule has 1 heterocycles. The van der Waals surface area contributed by atoms with E-state index in [1.54, 1.807) is 14.0 Å². The first-order valence-electron chi connectivity index (χ1n) is 5.16. The smallest absolute Gasteiger partial charge is 0.380 e. The molecule has 0 amide bonds. The second-order valence-corrected chi connectivity index (χ2v) is 8.78. The fourth-order valence-electron chi connectivity index (χ4n) is 1.72. The summed E-state index contributed by atoms with van der Waals surface area (Å²) in [4.78, 5) is 0. The van der Waals surface area contributed by atoms with Crippen LogP contribution in [0.1, 0.15) is 0 Å². The maximum absolute atomic E-state index is 10.5. The van der Waals surface area contributed by atoms with Crippen LogP contribution < -0.4 is 0 Å². The minimum Gasteiger partial charge on any atom is -0.417 e. The molecule has 0 aromatic rings. The summed E-state index contributed by atoms with van der Waals surface area (Å²) in [5.41, 5.74) is 0. The Morgan fingerprint density at radius 2 is 2.16 bits per heavy atom. The molecule has 1 aliphatic heterocycles. The molecule has 1 aliphatic rings. The van der Waals surface area contributed by atoms with Crippen molar-refractivity contribution in [3.8, 4) is 0 Å². The van der Waals surface area contributed by atoms with Crippen LogP contribution >= 0.6 is 36.1 Å². The Hall–Kier alpha value is 1.49. The van der Waals surface area contributed by atoms with Gasteiger partial charge < -0.3 is 14.5 Å².